The Hall–Kier alpha value is -0.0400. The van der Waals surface area contributed by atoms with Crippen LogP contribution in [0.5, 0.6) is 0 Å². The van der Waals surface area contributed by atoms with Gasteiger partial charge in [0.1, 0.15) is 0 Å². The lowest BCUT2D eigenvalue weighted by atomic mass is 9.83. The van der Waals surface area contributed by atoms with Gasteiger partial charge in [0.2, 0.25) is 0 Å². The summed E-state index contributed by atoms with van der Waals surface area (Å²) in [6.45, 7) is 7.15. The van der Waals surface area contributed by atoms with Crippen LogP contribution in [0.1, 0.15) is 46.0 Å². The summed E-state index contributed by atoms with van der Waals surface area (Å²) in [5.41, 5.74) is 0. The molecule has 2 saturated carbocycles. The summed E-state index contributed by atoms with van der Waals surface area (Å²) in [6, 6.07) is 0.962. The molecule has 0 spiro atoms. The Morgan fingerprint density at radius 1 is 0.923 bits per heavy atom. The van der Waals surface area contributed by atoms with Crippen molar-refractivity contribution in [2.24, 2.45) is 11.8 Å². The first-order chi connectivity index (χ1) is 6.36. The van der Waals surface area contributed by atoms with Crippen LogP contribution in [-0.2, 0) is 0 Å². The van der Waals surface area contributed by atoms with Crippen molar-refractivity contribution in [2.45, 2.75) is 52.0 Å². The minimum atomic E-state index is 0.962. The van der Waals surface area contributed by atoms with Gasteiger partial charge in [-0.05, 0) is 50.6 Å². The largest absolute Gasteiger partial charge is 0.300 e. The standard InChI is InChI=1S/C12H23N/c1-3-13(4-2)12-10-6-5-7-11(12)9-8-10/h10-12H,3-9H2,1-2H3. The van der Waals surface area contributed by atoms with E-state index in [-0.39, 0.29) is 0 Å². The Bertz CT molecular complexity index is 147. The summed E-state index contributed by atoms with van der Waals surface area (Å²) in [7, 11) is 0. The zero-order valence-corrected chi connectivity index (χ0v) is 9.13. The molecule has 2 bridgehead atoms. The molecule has 13 heavy (non-hydrogen) atoms. The van der Waals surface area contributed by atoms with Crippen LogP contribution in [-0.4, -0.2) is 24.0 Å². The molecule has 0 aromatic carbocycles. The Balaban J connectivity index is 2.05. The van der Waals surface area contributed by atoms with Crippen LogP contribution < -0.4 is 0 Å². The average Bonchev–Trinajstić information content (AvgIpc) is 2.42. The minimum Gasteiger partial charge on any atom is -0.300 e. The second-order valence-corrected chi connectivity index (χ2v) is 4.74. The molecule has 0 aliphatic heterocycles. The highest BCUT2D eigenvalue weighted by molar-refractivity contribution is 4.94. The second kappa shape index (κ2) is 4.00. The predicted molar refractivity (Wildman–Crippen MR) is 56.8 cm³/mol. The van der Waals surface area contributed by atoms with Gasteiger partial charge in [-0.3, -0.25) is 0 Å². The molecule has 0 amide bonds. The fourth-order valence-electron chi connectivity index (χ4n) is 3.67. The fourth-order valence-corrected chi connectivity index (χ4v) is 3.67. The maximum absolute atomic E-state index is 2.71. The van der Waals surface area contributed by atoms with Crippen molar-refractivity contribution in [1.29, 1.82) is 0 Å². The first-order valence-corrected chi connectivity index (χ1v) is 6.10. The lowest BCUT2D eigenvalue weighted by molar-refractivity contribution is 0.106. The minimum absolute atomic E-state index is 0.962. The second-order valence-electron chi connectivity index (χ2n) is 4.74. The fraction of sp³-hybridized carbons (Fsp3) is 1.00. The van der Waals surface area contributed by atoms with Crippen LogP contribution in [0.4, 0.5) is 0 Å². The van der Waals surface area contributed by atoms with Gasteiger partial charge in [0.05, 0.1) is 0 Å². The highest BCUT2D eigenvalue weighted by Crippen LogP contribution is 2.44. The quantitative estimate of drug-likeness (QED) is 0.647. The van der Waals surface area contributed by atoms with E-state index in [1.807, 2.05) is 0 Å². The lowest BCUT2D eigenvalue weighted by Crippen LogP contribution is -2.43. The monoisotopic (exact) mass is 181 g/mol. The molecule has 0 N–H and O–H groups in total. The highest BCUT2D eigenvalue weighted by Gasteiger charge is 2.40. The molecule has 0 saturated heterocycles. The van der Waals surface area contributed by atoms with Crippen molar-refractivity contribution in [2.75, 3.05) is 13.1 Å². The van der Waals surface area contributed by atoms with Crippen LogP contribution in [0.3, 0.4) is 0 Å². The van der Waals surface area contributed by atoms with Crippen molar-refractivity contribution in [3.8, 4) is 0 Å². The predicted octanol–water partition coefficient (Wildman–Crippen LogP) is 2.91. The lowest BCUT2D eigenvalue weighted by Gasteiger charge is -2.38. The van der Waals surface area contributed by atoms with Crippen LogP contribution in [0.15, 0.2) is 0 Å². The normalized spacial score (nSPS) is 38.5. The third-order valence-electron chi connectivity index (χ3n) is 4.26. The Morgan fingerprint density at radius 3 is 1.92 bits per heavy atom. The van der Waals surface area contributed by atoms with E-state index in [4.69, 9.17) is 0 Å². The van der Waals surface area contributed by atoms with Crippen LogP contribution >= 0.6 is 0 Å². The van der Waals surface area contributed by atoms with Gasteiger partial charge in [0.25, 0.3) is 0 Å². The third-order valence-corrected chi connectivity index (χ3v) is 4.26. The molecule has 0 aromatic rings. The number of nitrogens with zero attached hydrogens (tertiary/aromatic N) is 1. The van der Waals surface area contributed by atoms with Gasteiger partial charge in [-0.2, -0.15) is 0 Å². The molecule has 0 radical (unpaired) electrons. The van der Waals surface area contributed by atoms with E-state index in [0.29, 0.717) is 0 Å². The molecular weight excluding hydrogens is 158 g/mol. The van der Waals surface area contributed by atoms with E-state index in [1.54, 1.807) is 0 Å². The van der Waals surface area contributed by atoms with Crippen LogP contribution in [0, 0.1) is 11.8 Å². The van der Waals surface area contributed by atoms with Crippen molar-refractivity contribution < 1.29 is 0 Å². The van der Waals surface area contributed by atoms with Crippen molar-refractivity contribution in [3.63, 3.8) is 0 Å². The van der Waals surface area contributed by atoms with Gasteiger partial charge >= 0.3 is 0 Å². The Morgan fingerprint density at radius 2 is 1.46 bits per heavy atom. The third kappa shape index (κ3) is 1.63. The summed E-state index contributed by atoms with van der Waals surface area (Å²) >= 11 is 0. The van der Waals surface area contributed by atoms with Gasteiger partial charge in [0.15, 0.2) is 0 Å². The van der Waals surface area contributed by atoms with E-state index in [1.165, 1.54) is 45.2 Å². The van der Waals surface area contributed by atoms with E-state index in [0.717, 1.165) is 17.9 Å². The number of hydrogen-bond donors (Lipinski definition) is 0. The molecule has 1 heteroatoms. The van der Waals surface area contributed by atoms with Gasteiger partial charge in [-0.15, -0.1) is 0 Å². The molecule has 0 heterocycles. The van der Waals surface area contributed by atoms with Crippen molar-refractivity contribution in [1.82, 2.24) is 4.90 Å². The summed E-state index contributed by atoms with van der Waals surface area (Å²) < 4.78 is 0. The molecule has 0 aromatic heterocycles. The van der Waals surface area contributed by atoms with E-state index in [9.17, 15) is 0 Å². The summed E-state index contributed by atoms with van der Waals surface area (Å²) in [4.78, 5) is 2.71. The molecule has 2 aliphatic rings. The highest BCUT2D eigenvalue weighted by atomic mass is 15.2. The van der Waals surface area contributed by atoms with E-state index >= 15 is 0 Å². The maximum Gasteiger partial charge on any atom is 0.0151 e. The molecule has 2 rings (SSSR count). The van der Waals surface area contributed by atoms with Crippen LogP contribution in [0.25, 0.3) is 0 Å². The molecule has 76 valence electrons. The van der Waals surface area contributed by atoms with Crippen molar-refractivity contribution >= 4 is 0 Å². The topological polar surface area (TPSA) is 3.24 Å². The van der Waals surface area contributed by atoms with Gasteiger partial charge in [-0.25, -0.2) is 0 Å². The number of fused-ring (bicyclic) bond motifs is 2. The van der Waals surface area contributed by atoms with E-state index in [2.05, 4.69) is 18.7 Å². The summed E-state index contributed by atoms with van der Waals surface area (Å²) in [5, 5.41) is 0. The van der Waals surface area contributed by atoms with Gasteiger partial charge in [-0.1, -0.05) is 20.3 Å². The summed E-state index contributed by atoms with van der Waals surface area (Å²) in [6.07, 6.45) is 7.57. The SMILES string of the molecule is CCN(CC)C1C2CCCC1CC2. The van der Waals surface area contributed by atoms with Crippen LogP contribution in [0.2, 0.25) is 0 Å². The number of hydrogen-bond acceptors (Lipinski definition) is 1. The summed E-state index contributed by atoms with van der Waals surface area (Å²) in [5.74, 6) is 2.11. The Labute approximate surface area is 82.5 Å². The molecule has 2 aliphatic carbocycles. The smallest absolute Gasteiger partial charge is 0.0151 e. The average molecular weight is 181 g/mol. The molecule has 2 unspecified atom stereocenters. The zero-order chi connectivity index (χ0) is 9.26. The first-order valence-electron chi connectivity index (χ1n) is 6.10. The zero-order valence-electron chi connectivity index (χ0n) is 9.13. The molecule has 2 atom stereocenters. The van der Waals surface area contributed by atoms with E-state index < -0.39 is 0 Å². The van der Waals surface area contributed by atoms with Crippen molar-refractivity contribution in [3.05, 3.63) is 0 Å². The molecule has 1 nitrogen and oxygen atoms in total. The maximum atomic E-state index is 2.71. The molecular formula is C12H23N. The van der Waals surface area contributed by atoms with Gasteiger partial charge in [0, 0.05) is 6.04 Å². The van der Waals surface area contributed by atoms with Gasteiger partial charge < -0.3 is 4.90 Å². The molecule has 2 fully saturated rings. The first kappa shape index (κ1) is 9.51. The Kier molecular flexibility index (Phi) is 2.92. The number of rotatable bonds is 3.